The molecule has 1 amide bonds. The van der Waals surface area contributed by atoms with Crippen molar-refractivity contribution in [2.75, 3.05) is 5.32 Å². The zero-order valence-electron chi connectivity index (χ0n) is 12.1. The Morgan fingerprint density at radius 1 is 1.29 bits per heavy atom. The number of aromatic nitrogens is 2. The molecule has 2 rings (SSSR count). The summed E-state index contributed by atoms with van der Waals surface area (Å²) in [7, 11) is 0. The summed E-state index contributed by atoms with van der Waals surface area (Å²) in [5.41, 5.74) is 1.94. The highest BCUT2D eigenvalue weighted by molar-refractivity contribution is 6.31. The van der Waals surface area contributed by atoms with Gasteiger partial charge in [0, 0.05) is 22.5 Å². The lowest BCUT2D eigenvalue weighted by molar-refractivity contribution is -0.116. The standard InChI is InChI=1S/C15H16ClN3O2/c1-9-4-5-12(16)7-13(9)18-14(20)8-19-11(3)17-10(2)6-15(19)21/h4-7H,8H2,1-3H3,(H,18,20). The third kappa shape index (κ3) is 3.70. The Bertz CT molecular complexity index is 753. The molecular weight excluding hydrogens is 290 g/mol. The molecule has 0 fully saturated rings. The van der Waals surface area contributed by atoms with Gasteiger partial charge in [0.15, 0.2) is 0 Å². The summed E-state index contributed by atoms with van der Waals surface area (Å²) in [6.45, 7) is 5.24. The largest absolute Gasteiger partial charge is 0.324 e. The lowest BCUT2D eigenvalue weighted by Crippen LogP contribution is -2.30. The maximum absolute atomic E-state index is 12.1. The number of benzene rings is 1. The van der Waals surface area contributed by atoms with E-state index < -0.39 is 0 Å². The Kier molecular flexibility index (Phi) is 4.43. The molecule has 0 bridgehead atoms. The average Bonchev–Trinajstić information content (AvgIpc) is 2.38. The van der Waals surface area contributed by atoms with Crippen LogP contribution in [0.15, 0.2) is 29.1 Å². The molecule has 1 N–H and O–H groups in total. The van der Waals surface area contributed by atoms with E-state index in [9.17, 15) is 9.59 Å². The molecule has 0 spiro atoms. The summed E-state index contributed by atoms with van der Waals surface area (Å²) in [5, 5.41) is 3.30. The lowest BCUT2D eigenvalue weighted by atomic mass is 10.2. The normalized spacial score (nSPS) is 10.5. The van der Waals surface area contributed by atoms with E-state index in [1.807, 2.05) is 13.0 Å². The fourth-order valence-electron chi connectivity index (χ4n) is 2.02. The number of nitrogens with zero attached hydrogens (tertiary/aromatic N) is 2. The van der Waals surface area contributed by atoms with Crippen LogP contribution in [0.3, 0.4) is 0 Å². The van der Waals surface area contributed by atoms with Gasteiger partial charge in [-0.3, -0.25) is 14.2 Å². The molecular formula is C15H16ClN3O2. The number of anilines is 1. The smallest absolute Gasteiger partial charge is 0.254 e. The van der Waals surface area contributed by atoms with Gasteiger partial charge in [-0.1, -0.05) is 17.7 Å². The molecule has 0 unspecified atom stereocenters. The van der Waals surface area contributed by atoms with E-state index in [0.717, 1.165) is 5.56 Å². The van der Waals surface area contributed by atoms with Crippen LogP contribution in [0.25, 0.3) is 0 Å². The summed E-state index contributed by atoms with van der Waals surface area (Å²) in [5.74, 6) is 0.217. The van der Waals surface area contributed by atoms with E-state index in [1.54, 1.807) is 26.0 Å². The predicted octanol–water partition coefficient (Wildman–Crippen LogP) is 2.46. The van der Waals surface area contributed by atoms with Crippen LogP contribution >= 0.6 is 11.6 Å². The minimum absolute atomic E-state index is 0.0795. The Balaban J connectivity index is 2.20. The number of carbonyl (C=O) groups is 1. The van der Waals surface area contributed by atoms with Crippen LogP contribution < -0.4 is 10.9 Å². The van der Waals surface area contributed by atoms with Gasteiger partial charge in [-0.15, -0.1) is 0 Å². The fourth-order valence-corrected chi connectivity index (χ4v) is 2.19. The van der Waals surface area contributed by atoms with Crippen molar-refractivity contribution in [1.29, 1.82) is 0 Å². The van der Waals surface area contributed by atoms with Gasteiger partial charge >= 0.3 is 0 Å². The van der Waals surface area contributed by atoms with E-state index in [4.69, 9.17) is 11.6 Å². The second-order valence-corrected chi connectivity index (χ2v) is 5.31. The second kappa shape index (κ2) is 6.10. The van der Waals surface area contributed by atoms with Crippen LogP contribution in [0.2, 0.25) is 5.02 Å². The molecule has 110 valence electrons. The maximum Gasteiger partial charge on any atom is 0.254 e. The molecule has 2 aromatic rings. The molecule has 0 aliphatic carbocycles. The highest BCUT2D eigenvalue weighted by Crippen LogP contribution is 2.20. The summed E-state index contributed by atoms with van der Waals surface area (Å²) >= 11 is 5.91. The van der Waals surface area contributed by atoms with E-state index in [-0.39, 0.29) is 18.0 Å². The van der Waals surface area contributed by atoms with Crippen molar-refractivity contribution in [3.63, 3.8) is 0 Å². The molecule has 0 saturated carbocycles. The van der Waals surface area contributed by atoms with Crippen molar-refractivity contribution in [2.45, 2.75) is 27.3 Å². The van der Waals surface area contributed by atoms with Crippen LogP contribution in [-0.2, 0) is 11.3 Å². The van der Waals surface area contributed by atoms with Crippen molar-refractivity contribution >= 4 is 23.2 Å². The van der Waals surface area contributed by atoms with Gasteiger partial charge in [-0.2, -0.15) is 0 Å². The molecule has 0 saturated heterocycles. The number of carbonyl (C=O) groups excluding carboxylic acids is 1. The Labute approximate surface area is 127 Å². The summed E-state index contributed by atoms with van der Waals surface area (Å²) in [6.07, 6.45) is 0. The van der Waals surface area contributed by atoms with Crippen molar-refractivity contribution in [1.82, 2.24) is 9.55 Å². The molecule has 0 radical (unpaired) electrons. The third-order valence-corrected chi connectivity index (χ3v) is 3.34. The van der Waals surface area contributed by atoms with Gasteiger partial charge in [0.25, 0.3) is 5.56 Å². The molecule has 21 heavy (non-hydrogen) atoms. The number of hydrogen-bond acceptors (Lipinski definition) is 3. The van der Waals surface area contributed by atoms with Crippen LogP contribution in [-0.4, -0.2) is 15.5 Å². The quantitative estimate of drug-likeness (QED) is 0.947. The topological polar surface area (TPSA) is 64.0 Å². The van der Waals surface area contributed by atoms with Gasteiger partial charge in [0.1, 0.15) is 12.4 Å². The van der Waals surface area contributed by atoms with Gasteiger partial charge in [-0.05, 0) is 38.5 Å². The molecule has 0 aliphatic heterocycles. The molecule has 0 atom stereocenters. The molecule has 1 aromatic carbocycles. The number of amides is 1. The van der Waals surface area contributed by atoms with Gasteiger partial charge < -0.3 is 5.32 Å². The first-order valence-corrected chi connectivity index (χ1v) is 6.85. The number of halogens is 1. The number of nitrogens with one attached hydrogen (secondary N) is 1. The number of rotatable bonds is 3. The van der Waals surface area contributed by atoms with E-state index in [2.05, 4.69) is 10.3 Å². The van der Waals surface area contributed by atoms with Crippen LogP contribution in [0.1, 0.15) is 17.1 Å². The zero-order valence-corrected chi connectivity index (χ0v) is 12.9. The highest BCUT2D eigenvalue weighted by Gasteiger charge is 2.10. The average molecular weight is 306 g/mol. The molecule has 1 heterocycles. The summed E-state index contributed by atoms with van der Waals surface area (Å²) in [4.78, 5) is 28.2. The van der Waals surface area contributed by atoms with E-state index in [0.29, 0.717) is 22.2 Å². The Morgan fingerprint density at radius 2 is 2.00 bits per heavy atom. The maximum atomic E-state index is 12.1. The predicted molar refractivity (Wildman–Crippen MR) is 82.8 cm³/mol. The van der Waals surface area contributed by atoms with Gasteiger partial charge in [-0.25, -0.2) is 4.98 Å². The first kappa shape index (κ1) is 15.3. The van der Waals surface area contributed by atoms with Crippen LogP contribution in [0.5, 0.6) is 0 Å². The van der Waals surface area contributed by atoms with E-state index in [1.165, 1.54) is 10.6 Å². The third-order valence-electron chi connectivity index (χ3n) is 3.10. The molecule has 5 nitrogen and oxygen atoms in total. The number of aryl methyl sites for hydroxylation is 3. The van der Waals surface area contributed by atoms with Crippen molar-refractivity contribution in [2.24, 2.45) is 0 Å². The zero-order chi connectivity index (χ0) is 15.6. The minimum atomic E-state index is -0.295. The Morgan fingerprint density at radius 3 is 2.67 bits per heavy atom. The number of hydrogen-bond donors (Lipinski definition) is 1. The van der Waals surface area contributed by atoms with Crippen LogP contribution in [0, 0.1) is 20.8 Å². The second-order valence-electron chi connectivity index (χ2n) is 4.88. The first-order chi connectivity index (χ1) is 9.86. The van der Waals surface area contributed by atoms with Gasteiger partial charge in [0.05, 0.1) is 0 Å². The molecule has 0 aliphatic rings. The summed E-state index contributed by atoms with van der Waals surface area (Å²) in [6, 6.07) is 6.66. The van der Waals surface area contributed by atoms with Crippen molar-refractivity contribution in [3.8, 4) is 0 Å². The molecule has 6 heteroatoms. The Hall–Kier alpha value is -2.14. The molecule has 1 aromatic heterocycles. The van der Waals surface area contributed by atoms with Crippen molar-refractivity contribution < 1.29 is 4.79 Å². The van der Waals surface area contributed by atoms with Crippen LogP contribution in [0.4, 0.5) is 5.69 Å². The summed E-state index contributed by atoms with van der Waals surface area (Å²) < 4.78 is 1.34. The fraction of sp³-hybridized carbons (Fsp3) is 0.267. The van der Waals surface area contributed by atoms with E-state index >= 15 is 0 Å². The SMILES string of the molecule is Cc1cc(=O)n(CC(=O)Nc2cc(Cl)ccc2C)c(C)n1. The highest BCUT2D eigenvalue weighted by atomic mass is 35.5. The first-order valence-electron chi connectivity index (χ1n) is 6.48. The van der Waals surface area contributed by atoms with Crippen molar-refractivity contribution in [3.05, 3.63) is 56.7 Å². The van der Waals surface area contributed by atoms with Gasteiger partial charge in [0.2, 0.25) is 5.91 Å². The minimum Gasteiger partial charge on any atom is -0.324 e. The monoisotopic (exact) mass is 305 g/mol. The lowest BCUT2D eigenvalue weighted by Gasteiger charge is -2.11.